The first-order chi connectivity index (χ1) is 8.18. The van der Waals surface area contributed by atoms with Gasteiger partial charge in [0.15, 0.2) is 0 Å². The number of hydrogen-bond donors (Lipinski definition) is 2. The minimum atomic E-state index is -0.0607. The lowest BCUT2D eigenvalue weighted by Crippen LogP contribution is -2.13. The molecule has 0 saturated heterocycles. The molecule has 2 heterocycles. The summed E-state index contributed by atoms with van der Waals surface area (Å²) >= 11 is 7.22. The fourth-order valence-electron chi connectivity index (χ4n) is 1.14. The van der Waals surface area contributed by atoms with Gasteiger partial charge in [-0.3, -0.25) is 5.41 Å². The number of nitrogen functional groups attached to an aromatic ring is 1. The molecule has 0 amide bonds. The summed E-state index contributed by atoms with van der Waals surface area (Å²) in [6.45, 7) is 0. The Hall–Kier alpha value is -1.66. The zero-order valence-electron chi connectivity index (χ0n) is 8.59. The van der Waals surface area contributed by atoms with Crippen molar-refractivity contribution in [2.24, 2.45) is 5.73 Å². The molecule has 0 atom stereocenters. The maximum atomic E-state index is 7.44. The van der Waals surface area contributed by atoms with E-state index in [9.17, 15) is 0 Å². The molecule has 86 valence electrons. The fourth-order valence-corrected chi connectivity index (χ4v) is 2.21. The highest BCUT2D eigenvalue weighted by atomic mass is 35.5. The topological polar surface area (TPSA) is 88.5 Å². The molecule has 0 aliphatic heterocycles. The van der Waals surface area contributed by atoms with Crippen LogP contribution in [0.1, 0.15) is 5.56 Å². The third kappa shape index (κ3) is 2.72. The largest absolute Gasteiger partial charge is 0.384 e. The lowest BCUT2D eigenvalue weighted by atomic mass is 10.3. The van der Waals surface area contributed by atoms with E-state index >= 15 is 0 Å². The van der Waals surface area contributed by atoms with Crippen molar-refractivity contribution in [3.8, 4) is 0 Å². The molecule has 2 aromatic rings. The number of pyridine rings is 1. The second-order valence-electron chi connectivity index (χ2n) is 3.06. The molecule has 7 heteroatoms. The number of aromatic nitrogens is 3. The van der Waals surface area contributed by atoms with Crippen molar-refractivity contribution in [2.75, 3.05) is 0 Å². The quantitative estimate of drug-likeness (QED) is 0.654. The van der Waals surface area contributed by atoms with Gasteiger partial charge >= 0.3 is 0 Å². The highest BCUT2D eigenvalue weighted by molar-refractivity contribution is 7.99. The van der Waals surface area contributed by atoms with Crippen molar-refractivity contribution >= 4 is 29.2 Å². The van der Waals surface area contributed by atoms with Crippen molar-refractivity contribution in [2.45, 2.75) is 10.1 Å². The Labute approximate surface area is 107 Å². The van der Waals surface area contributed by atoms with Gasteiger partial charge in [-0.15, -0.1) is 5.10 Å². The monoisotopic (exact) mass is 265 g/mol. The smallest absolute Gasteiger partial charge is 0.136 e. The van der Waals surface area contributed by atoms with E-state index in [4.69, 9.17) is 22.7 Å². The van der Waals surface area contributed by atoms with Gasteiger partial charge in [-0.1, -0.05) is 11.6 Å². The van der Waals surface area contributed by atoms with Crippen LogP contribution in [0.2, 0.25) is 5.02 Å². The highest BCUT2D eigenvalue weighted by Crippen LogP contribution is 2.31. The van der Waals surface area contributed by atoms with Gasteiger partial charge < -0.3 is 5.73 Å². The molecule has 0 spiro atoms. The number of nitrogens with zero attached hydrogens (tertiary/aromatic N) is 3. The van der Waals surface area contributed by atoms with E-state index in [1.165, 1.54) is 18.0 Å². The lowest BCUT2D eigenvalue weighted by Gasteiger charge is -2.05. The van der Waals surface area contributed by atoms with E-state index in [0.29, 0.717) is 20.6 Å². The second kappa shape index (κ2) is 5.11. The minimum absolute atomic E-state index is 0.0607. The SMILES string of the molecule is N=C(N)c1ccnnc1Sc1ncccc1Cl. The second-order valence-corrected chi connectivity index (χ2v) is 4.44. The number of hydrogen-bond acceptors (Lipinski definition) is 5. The molecule has 0 aliphatic rings. The van der Waals surface area contributed by atoms with Crippen LogP contribution >= 0.6 is 23.4 Å². The number of nitrogens with one attached hydrogen (secondary N) is 1. The summed E-state index contributed by atoms with van der Waals surface area (Å²) < 4.78 is 0. The molecule has 0 aliphatic carbocycles. The van der Waals surface area contributed by atoms with Gasteiger partial charge in [0.25, 0.3) is 0 Å². The van der Waals surface area contributed by atoms with Crippen LogP contribution in [0, 0.1) is 5.41 Å². The van der Waals surface area contributed by atoms with Gasteiger partial charge in [0.1, 0.15) is 15.9 Å². The highest BCUT2D eigenvalue weighted by Gasteiger charge is 2.11. The summed E-state index contributed by atoms with van der Waals surface area (Å²) in [4.78, 5) is 4.13. The molecule has 5 nitrogen and oxygen atoms in total. The van der Waals surface area contributed by atoms with Crippen molar-refractivity contribution in [1.82, 2.24) is 15.2 Å². The van der Waals surface area contributed by atoms with E-state index in [2.05, 4.69) is 15.2 Å². The Morgan fingerprint density at radius 3 is 2.82 bits per heavy atom. The molecule has 0 unspecified atom stereocenters. The number of halogens is 1. The van der Waals surface area contributed by atoms with Crippen LogP contribution in [0.15, 0.2) is 40.6 Å². The maximum absolute atomic E-state index is 7.44. The molecule has 0 saturated carbocycles. The van der Waals surface area contributed by atoms with Gasteiger partial charge in [-0.2, -0.15) is 5.10 Å². The van der Waals surface area contributed by atoms with Gasteiger partial charge in [-0.25, -0.2) is 4.98 Å². The third-order valence-electron chi connectivity index (χ3n) is 1.90. The van der Waals surface area contributed by atoms with Crippen LogP contribution in [0.25, 0.3) is 0 Å². The van der Waals surface area contributed by atoms with Gasteiger partial charge in [0.05, 0.1) is 16.8 Å². The van der Waals surface area contributed by atoms with Crippen molar-refractivity contribution < 1.29 is 0 Å². The molecule has 0 radical (unpaired) electrons. The summed E-state index contributed by atoms with van der Waals surface area (Å²) in [6.07, 6.45) is 3.12. The Morgan fingerprint density at radius 1 is 1.29 bits per heavy atom. The van der Waals surface area contributed by atoms with Crippen LogP contribution in [0.5, 0.6) is 0 Å². The first kappa shape index (κ1) is 11.8. The molecule has 3 N–H and O–H groups in total. The first-order valence-electron chi connectivity index (χ1n) is 4.63. The lowest BCUT2D eigenvalue weighted by molar-refractivity contribution is 0.918. The van der Waals surface area contributed by atoms with E-state index in [0.717, 1.165) is 0 Å². The summed E-state index contributed by atoms with van der Waals surface area (Å²) in [7, 11) is 0. The van der Waals surface area contributed by atoms with E-state index in [1.54, 1.807) is 24.4 Å². The average Bonchev–Trinajstić information content (AvgIpc) is 2.32. The summed E-state index contributed by atoms with van der Waals surface area (Å²) in [5.74, 6) is -0.0607. The van der Waals surface area contributed by atoms with Crippen LogP contribution in [-0.2, 0) is 0 Å². The zero-order chi connectivity index (χ0) is 12.3. The Morgan fingerprint density at radius 2 is 2.12 bits per heavy atom. The molecular formula is C10H8ClN5S. The van der Waals surface area contributed by atoms with Crippen molar-refractivity contribution in [3.63, 3.8) is 0 Å². The molecule has 0 aromatic carbocycles. The Balaban J connectivity index is 2.37. The minimum Gasteiger partial charge on any atom is -0.384 e. The van der Waals surface area contributed by atoms with E-state index in [1.807, 2.05) is 0 Å². The first-order valence-corrected chi connectivity index (χ1v) is 5.82. The average molecular weight is 266 g/mol. The zero-order valence-corrected chi connectivity index (χ0v) is 10.2. The van der Waals surface area contributed by atoms with Gasteiger partial charge in [0, 0.05) is 6.20 Å². The molecule has 2 aromatic heterocycles. The van der Waals surface area contributed by atoms with Gasteiger partial charge in [-0.05, 0) is 30.0 Å². The summed E-state index contributed by atoms with van der Waals surface area (Å²) in [5.41, 5.74) is 5.98. The van der Waals surface area contributed by atoms with Crippen LogP contribution in [-0.4, -0.2) is 21.0 Å². The van der Waals surface area contributed by atoms with E-state index in [-0.39, 0.29) is 5.84 Å². The summed E-state index contributed by atoms with van der Waals surface area (Å²) in [5, 5.41) is 16.8. The molecule has 17 heavy (non-hydrogen) atoms. The molecule has 0 fully saturated rings. The molecular weight excluding hydrogens is 258 g/mol. The molecule has 2 rings (SSSR count). The number of nitrogens with two attached hydrogens (primary N) is 1. The Kier molecular flexibility index (Phi) is 3.55. The molecule has 0 bridgehead atoms. The maximum Gasteiger partial charge on any atom is 0.136 e. The Bertz CT molecular complexity index is 560. The number of rotatable bonds is 3. The number of amidine groups is 1. The van der Waals surface area contributed by atoms with Gasteiger partial charge in [0.2, 0.25) is 0 Å². The predicted octanol–water partition coefficient (Wildman–Crippen LogP) is 1.96. The van der Waals surface area contributed by atoms with Crippen LogP contribution in [0.4, 0.5) is 0 Å². The third-order valence-corrected chi connectivity index (χ3v) is 3.33. The van der Waals surface area contributed by atoms with E-state index < -0.39 is 0 Å². The van der Waals surface area contributed by atoms with Crippen LogP contribution in [0.3, 0.4) is 0 Å². The standard InChI is InChI=1S/C10H8ClN5S/c11-7-2-1-4-14-10(7)17-9-6(8(12)13)3-5-15-16-9/h1-5H,(H3,12,13). The van der Waals surface area contributed by atoms with Crippen molar-refractivity contribution in [3.05, 3.63) is 41.2 Å². The fraction of sp³-hybridized carbons (Fsp3) is 0. The van der Waals surface area contributed by atoms with Crippen LogP contribution < -0.4 is 5.73 Å². The summed E-state index contributed by atoms with van der Waals surface area (Å²) in [6, 6.07) is 5.12. The van der Waals surface area contributed by atoms with Crippen molar-refractivity contribution in [1.29, 1.82) is 5.41 Å². The normalized spacial score (nSPS) is 10.2. The predicted molar refractivity (Wildman–Crippen MR) is 66.4 cm³/mol.